The Balaban J connectivity index is 2.85. The topological polar surface area (TPSA) is 26.3 Å². The van der Waals surface area contributed by atoms with Gasteiger partial charge in [0.1, 0.15) is 0 Å². The second-order valence-electron chi connectivity index (χ2n) is 4.09. The van der Waals surface area contributed by atoms with E-state index in [9.17, 15) is 4.79 Å². The second-order valence-corrected chi connectivity index (χ2v) is 4.09. The molecule has 0 saturated heterocycles. The third-order valence-corrected chi connectivity index (χ3v) is 3.03. The van der Waals surface area contributed by atoms with Crippen LogP contribution in [0.15, 0.2) is 12.7 Å². The third kappa shape index (κ3) is 2.62. The van der Waals surface area contributed by atoms with Crippen molar-refractivity contribution < 1.29 is 9.53 Å². The predicted octanol–water partition coefficient (Wildman–Crippen LogP) is 2.69. The van der Waals surface area contributed by atoms with Crippen LogP contribution in [0, 0.1) is 18.3 Å². The lowest BCUT2D eigenvalue weighted by atomic mass is 9.74. The van der Waals surface area contributed by atoms with Crippen molar-refractivity contribution in [3.63, 3.8) is 0 Å². The van der Waals surface area contributed by atoms with Crippen LogP contribution in [0.5, 0.6) is 0 Å². The molecule has 1 aliphatic carbocycles. The van der Waals surface area contributed by atoms with E-state index in [0.717, 1.165) is 32.1 Å². The van der Waals surface area contributed by atoms with Crippen molar-refractivity contribution in [2.24, 2.45) is 5.92 Å². The molecule has 1 rings (SSSR count). The Morgan fingerprint density at radius 3 is 3.00 bits per heavy atom. The van der Waals surface area contributed by atoms with Gasteiger partial charge in [0, 0.05) is 12.8 Å². The number of rotatable bonds is 3. The fourth-order valence-electron chi connectivity index (χ4n) is 2.34. The van der Waals surface area contributed by atoms with Crippen LogP contribution in [-0.4, -0.2) is 11.6 Å². The SMILES string of the molecule is C#C[C@@]1(OC(C)=O)CCCC[C@H]1CC=C. The standard InChI is InChI=1S/C13H18O2/c1-4-8-12-9-6-7-10-13(12,5-2)15-11(3)14/h2,4,12H,1,6-10H2,3H3/t12-,13-/m1/s1. The highest BCUT2D eigenvalue weighted by atomic mass is 16.6. The summed E-state index contributed by atoms with van der Waals surface area (Å²) in [6.07, 6.45) is 12.2. The summed E-state index contributed by atoms with van der Waals surface area (Å²) in [5.41, 5.74) is -0.682. The Morgan fingerprint density at radius 2 is 2.47 bits per heavy atom. The quantitative estimate of drug-likeness (QED) is 0.403. The lowest BCUT2D eigenvalue weighted by Crippen LogP contribution is -2.43. The van der Waals surface area contributed by atoms with Gasteiger partial charge in [-0.15, -0.1) is 13.0 Å². The highest BCUT2D eigenvalue weighted by Crippen LogP contribution is 2.38. The van der Waals surface area contributed by atoms with Crippen LogP contribution in [0.4, 0.5) is 0 Å². The molecule has 0 heterocycles. The Kier molecular flexibility index (Phi) is 3.96. The molecule has 1 aliphatic rings. The van der Waals surface area contributed by atoms with Crippen LogP contribution in [0.1, 0.15) is 39.0 Å². The van der Waals surface area contributed by atoms with Gasteiger partial charge in [0.2, 0.25) is 0 Å². The summed E-state index contributed by atoms with van der Waals surface area (Å²) in [4.78, 5) is 11.1. The minimum absolute atomic E-state index is 0.234. The number of terminal acetylenes is 1. The molecule has 15 heavy (non-hydrogen) atoms. The lowest BCUT2D eigenvalue weighted by Gasteiger charge is -2.39. The molecule has 2 nitrogen and oxygen atoms in total. The van der Waals surface area contributed by atoms with Crippen LogP contribution in [-0.2, 0) is 9.53 Å². The summed E-state index contributed by atoms with van der Waals surface area (Å²) >= 11 is 0. The van der Waals surface area contributed by atoms with Crippen LogP contribution in [0.25, 0.3) is 0 Å². The molecule has 0 spiro atoms. The fraction of sp³-hybridized carbons (Fsp3) is 0.615. The zero-order valence-corrected chi connectivity index (χ0v) is 9.29. The molecule has 1 fully saturated rings. The van der Waals surface area contributed by atoms with Gasteiger partial charge in [0.25, 0.3) is 0 Å². The summed E-state index contributed by atoms with van der Waals surface area (Å²) in [6.45, 7) is 5.14. The van der Waals surface area contributed by atoms with Crippen LogP contribution >= 0.6 is 0 Å². The molecule has 2 atom stereocenters. The lowest BCUT2D eigenvalue weighted by molar-refractivity contribution is -0.158. The van der Waals surface area contributed by atoms with Crippen molar-refractivity contribution in [3.8, 4) is 12.3 Å². The molecule has 0 radical (unpaired) electrons. The summed E-state index contributed by atoms with van der Waals surface area (Å²) in [5.74, 6) is 2.64. The molecule has 0 aromatic heterocycles. The van der Waals surface area contributed by atoms with Crippen molar-refractivity contribution >= 4 is 5.97 Å². The molecule has 0 aliphatic heterocycles. The molecule has 0 unspecified atom stereocenters. The number of carbonyl (C=O) groups excluding carboxylic acids is 1. The monoisotopic (exact) mass is 206 g/mol. The Labute approximate surface area is 91.7 Å². The third-order valence-electron chi connectivity index (χ3n) is 3.03. The summed E-state index contributed by atoms with van der Waals surface area (Å²) in [7, 11) is 0. The van der Waals surface area contributed by atoms with Crippen LogP contribution in [0.3, 0.4) is 0 Å². The Morgan fingerprint density at radius 1 is 1.73 bits per heavy atom. The summed E-state index contributed by atoms with van der Waals surface area (Å²) < 4.78 is 5.37. The Bertz CT molecular complexity index is 287. The minimum Gasteiger partial charge on any atom is -0.446 e. The summed E-state index contributed by atoms with van der Waals surface area (Å²) in [6, 6.07) is 0. The van der Waals surface area contributed by atoms with E-state index >= 15 is 0 Å². The molecule has 0 aromatic carbocycles. The minimum atomic E-state index is -0.682. The van der Waals surface area contributed by atoms with E-state index < -0.39 is 5.60 Å². The number of hydrogen-bond donors (Lipinski definition) is 0. The largest absolute Gasteiger partial charge is 0.446 e. The average Bonchev–Trinajstić information content (AvgIpc) is 2.20. The van der Waals surface area contributed by atoms with Gasteiger partial charge in [-0.2, -0.15) is 0 Å². The van der Waals surface area contributed by atoms with Gasteiger partial charge >= 0.3 is 5.97 Å². The van der Waals surface area contributed by atoms with Crippen LogP contribution < -0.4 is 0 Å². The van der Waals surface area contributed by atoms with E-state index in [0.29, 0.717) is 0 Å². The van der Waals surface area contributed by atoms with E-state index in [4.69, 9.17) is 11.2 Å². The predicted molar refractivity (Wildman–Crippen MR) is 60.1 cm³/mol. The number of ether oxygens (including phenoxy) is 1. The van der Waals surface area contributed by atoms with Gasteiger partial charge < -0.3 is 4.74 Å². The molecular formula is C13H18O2. The molecule has 0 aromatic rings. The summed E-state index contributed by atoms with van der Waals surface area (Å²) in [5, 5.41) is 0. The molecule has 0 bridgehead atoms. The normalized spacial score (nSPS) is 30.3. The highest BCUT2D eigenvalue weighted by molar-refractivity contribution is 5.67. The molecular weight excluding hydrogens is 188 g/mol. The molecule has 0 amide bonds. The number of hydrogen-bond acceptors (Lipinski definition) is 2. The molecule has 0 N–H and O–H groups in total. The first-order valence-electron chi connectivity index (χ1n) is 5.43. The van der Waals surface area contributed by atoms with Crippen molar-refractivity contribution in [1.29, 1.82) is 0 Å². The molecule has 82 valence electrons. The zero-order valence-electron chi connectivity index (χ0n) is 9.29. The van der Waals surface area contributed by atoms with E-state index in [2.05, 4.69) is 12.5 Å². The van der Waals surface area contributed by atoms with E-state index in [1.165, 1.54) is 6.92 Å². The van der Waals surface area contributed by atoms with Crippen molar-refractivity contribution in [2.45, 2.75) is 44.6 Å². The fourth-order valence-corrected chi connectivity index (χ4v) is 2.34. The van der Waals surface area contributed by atoms with Crippen LogP contribution in [0.2, 0.25) is 0 Å². The first kappa shape index (κ1) is 11.8. The number of esters is 1. The van der Waals surface area contributed by atoms with Gasteiger partial charge in [-0.1, -0.05) is 18.4 Å². The maximum Gasteiger partial charge on any atom is 0.304 e. The first-order chi connectivity index (χ1) is 7.14. The van der Waals surface area contributed by atoms with Gasteiger partial charge in [0.15, 0.2) is 5.60 Å². The van der Waals surface area contributed by atoms with Crippen molar-refractivity contribution in [3.05, 3.63) is 12.7 Å². The molecule has 1 saturated carbocycles. The second kappa shape index (κ2) is 5.02. The maximum atomic E-state index is 11.1. The first-order valence-corrected chi connectivity index (χ1v) is 5.43. The van der Waals surface area contributed by atoms with E-state index in [1.807, 2.05) is 6.08 Å². The van der Waals surface area contributed by atoms with Crippen molar-refractivity contribution in [2.75, 3.05) is 0 Å². The van der Waals surface area contributed by atoms with Gasteiger partial charge in [-0.25, -0.2) is 0 Å². The van der Waals surface area contributed by atoms with E-state index in [-0.39, 0.29) is 11.9 Å². The van der Waals surface area contributed by atoms with Gasteiger partial charge in [-0.05, 0) is 25.7 Å². The highest BCUT2D eigenvalue weighted by Gasteiger charge is 2.41. The average molecular weight is 206 g/mol. The smallest absolute Gasteiger partial charge is 0.304 e. The van der Waals surface area contributed by atoms with Gasteiger partial charge in [-0.3, -0.25) is 4.79 Å². The molecule has 2 heteroatoms. The van der Waals surface area contributed by atoms with E-state index in [1.54, 1.807) is 0 Å². The Hall–Kier alpha value is -1.23. The number of allylic oxidation sites excluding steroid dienone is 1. The van der Waals surface area contributed by atoms with Gasteiger partial charge in [0.05, 0.1) is 0 Å². The maximum absolute atomic E-state index is 11.1. The van der Waals surface area contributed by atoms with Crippen molar-refractivity contribution in [1.82, 2.24) is 0 Å². The zero-order chi connectivity index (χ0) is 11.3. The number of carbonyl (C=O) groups is 1.